The number of fused-ring (bicyclic) bond motifs is 3. The molecule has 2 bridgehead atoms. The Morgan fingerprint density at radius 2 is 1.91 bits per heavy atom. The number of rotatable bonds is 1. The Morgan fingerprint density at radius 3 is 2.70 bits per heavy atom. The van der Waals surface area contributed by atoms with Crippen molar-refractivity contribution < 1.29 is 4.79 Å². The van der Waals surface area contributed by atoms with Crippen molar-refractivity contribution in [2.75, 3.05) is 6.54 Å². The van der Waals surface area contributed by atoms with Crippen LogP contribution in [-0.2, 0) is 17.8 Å². The number of carbonyl (C=O) groups is 1. The fourth-order valence-electron chi connectivity index (χ4n) is 5.55. The van der Waals surface area contributed by atoms with E-state index in [9.17, 15) is 4.79 Å². The highest BCUT2D eigenvalue weighted by atomic mass is 16.2. The molecule has 1 saturated heterocycles. The van der Waals surface area contributed by atoms with Crippen LogP contribution < -0.4 is 5.32 Å². The highest BCUT2D eigenvalue weighted by Gasteiger charge is 2.51. The van der Waals surface area contributed by atoms with E-state index in [2.05, 4.69) is 55.3 Å². The SMILES string of the molecule is CC1(C)CC2CC(C)(CN2C(=O)C2Cc3ccccc3CN2)C1. The maximum Gasteiger partial charge on any atom is 0.240 e. The van der Waals surface area contributed by atoms with Crippen LogP contribution >= 0.6 is 0 Å². The molecule has 3 unspecified atom stereocenters. The lowest BCUT2D eigenvalue weighted by Gasteiger charge is -2.39. The van der Waals surface area contributed by atoms with Gasteiger partial charge in [0.15, 0.2) is 0 Å². The molecule has 3 heteroatoms. The summed E-state index contributed by atoms with van der Waals surface area (Å²) in [6, 6.07) is 8.89. The fraction of sp³-hybridized carbons (Fsp3) is 0.650. The van der Waals surface area contributed by atoms with Gasteiger partial charge < -0.3 is 10.2 Å². The Bertz CT molecular complexity index is 638. The van der Waals surface area contributed by atoms with Crippen molar-refractivity contribution in [2.45, 2.75) is 65.1 Å². The third-order valence-electron chi connectivity index (χ3n) is 6.08. The first kappa shape index (κ1) is 15.2. The lowest BCUT2D eigenvalue weighted by Crippen LogP contribution is -2.51. The summed E-state index contributed by atoms with van der Waals surface area (Å²) in [6.45, 7) is 8.85. The van der Waals surface area contributed by atoms with Crippen LogP contribution in [0, 0.1) is 10.8 Å². The summed E-state index contributed by atoms with van der Waals surface area (Å²) in [7, 11) is 0. The Labute approximate surface area is 139 Å². The molecular weight excluding hydrogens is 284 g/mol. The predicted octanol–water partition coefficient (Wildman–Crippen LogP) is 3.13. The van der Waals surface area contributed by atoms with Crippen molar-refractivity contribution >= 4 is 5.91 Å². The molecule has 0 spiro atoms. The molecule has 3 nitrogen and oxygen atoms in total. The molecular formula is C20H28N2O. The first-order valence-corrected chi connectivity index (χ1v) is 8.96. The Hall–Kier alpha value is -1.35. The van der Waals surface area contributed by atoms with Gasteiger partial charge in [0, 0.05) is 19.1 Å². The molecule has 1 aromatic carbocycles. The zero-order valence-electron chi connectivity index (χ0n) is 14.6. The smallest absolute Gasteiger partial charge is 0.240 e. The molecule has 3 atom stereocenters. The van der Waals surface area contributed by atoms with Crippen molar-refractivity contribution in [2.24, 2.45) is 10.8 Å². The summed E-state index contributed by atoms with van der Waals surface area (Å²) in [5.41, 5.74) is 3.34. The molecule has 2 fully saturated rings. The van der Waals surface area contributed by atoms with E-state index in [-0.39, 0.29) is 6.04 Å². The van der Waals surface area contributed by atoms with Crippen molar-refractivity contribution in [3.05, 3.63) is 35.4 Å². The number of hydrogen-bond donors (Lipinski definition) is 1. The number of carbonyl (C=O) groups excluding carboxylic acids is 1. The van der Waals surface area contributed by atoms with Crippen molar-refractivity contribution in [3.63, 3.8) is 0 Å². The number of amides is 1. The molecule has 23 heavy (non-hydrogen) atoms. The third-order valence-corrected chi connectivity index (χ3v) is 6.08. The molecule has 1 aromatic rings. The summed E-state index contributed by atoms with van der Waals surface area (Å²) in [4.78, 5) is 15.4. The van der Waals surface area contributed by atoms with E-state index in [0.717, 1.165) is 25.9 Å². The largest absolute Gasteiger partial charge is 0.338 e. The van der Waals surface area contributed by atoms with Crippen LogP contribution in [0.2, 0.25) is 0 Å². The first-order valence-electron chi connectivity index (χ1n) is 8.96. The van der Waals surface area contributed by atoms with E-state index in [1.165, 1.54) is 24.0 Å². The topological polar surface area (TPSA) is 32.3 Å². The maximum absolute atomic E-state index is 13.2. The quantitative estimate of drug-likeness (QED) is 0.864. The second-order valence-electron chi connectivity index (χ2n) is 9.09. The minimum atomic E-state index is -0.0454. The molecule has 1 saturated carbocycles. The molecule has 4 rings (SSSR count). The van der Waals surface area contributed by atoms with Crippen LogP contribution in [0.4, 0.5) is 0 Å². The second-order valence-corrected chi connectivity index (χ2v) is 9.09. The molecule has 1 N–H and O–H groups in total. The Balaban J connectivity index is 1.53. The summed E-state index contributed by atoms with van der Waals surface area (Å²) in [5.74, 6) is 0.325. The van der Waals surface area contributed by atoms with E-state index < -0.39 is 0 Å². The average molecular weight is 312 g/mol. The average Bonchev–Trinajstić information content (AvgIpc) is 2.75. The van der Waals surface area contributed by atoms with Gasteiger partial charge in [-0.25, -0.2) is 0 Å². The summed E-state index contributed by atoms with van der Waals surface area (Å²) >= 11 is 0. The van der Waals surface area contributed by atoms with Crippen LogP contribution in [0.3, 0.4) is 0 Å². The van der Waals surface area contributed by atoms with Gasteiger partial charge in [-0.15, -0.1) is 0 Å². The van der Waals surface area contributed by atoms with Gasteiger partial charge in [0.2, 0.25) is 5.91 Å². The van der Waals surface area contributed by atoms with E-state index in [4.69, 9.17) is 0 Å². The van der Waals surface area contributed by atoms with Gasteiger partial charge in [-0.1, -0.05) is 45.0 Å². The van der Waals surface area contributed by atoms with Gasteiger partial charge in [0.05, 0.1) is 6.04 Å². The number of nitrogens with zero attached hydrogens (tertiary/aromatic N) is 1. The van der Waals surface area contributed by atoms with Crippen molar-refractivity contribution in [3.8, 4) is 0 Å². The first-order chi connectivity index (χ1) is 10.9. The molecule has 2 heterocycles. The lowest BCUT2D eigenvalue weighted by atomic mass is 9.65. The van der Waals surface area contributed by atoms with Gasteiger partial charge in [-0.05, 0) is 47.6 Å². The molecule has 3 aliphatic rings. The Kier molecular flexibility index (Phi) is 3.35. The summed E-state index contributed by atoms with van der Waals surface area (Å²) in [5, 5.41) is 3.47. The van der Waals surface area contributed by atoms with E-state index in [1.54, 1.807) is 0 Å². The number of hydrogen-bond acceptors (Lipinski definition) is 2. The van der Waals surface area contributed by atoms with Crippen molar-refractivity contribution in [1.29, 1.82) is 0 Å². The van der Waals surface area contributed by atoms with Crippen LogP contribution in [0.25, 0.3) is 0 Å². The van der Waals surface area contributed by atoms with Crippen LogP contribution in [-0.4, -0.2) is 29.4 Å². The molecule has 1 amide bonds. The van der Waals surface area contributed by atoms with Gasteiger partial charge in [0.1, 0.15) is 0 Å². The van der Waals surface area contributed by atoms with Gasteiger partial charge in [0.25, 0.3) is 0 Å². The van der Waals surface area contributed by atoms with E-state index in [0.29, 0.717) is 22.8 Å². The molecule has 124 valence electrons. The molecule has 0 radical (unpaired) electrons. The minimum Gasteiger partial charge on any atom is -0.338 e. The minimum absolute atomic E-state index is 0.0454. The normalized spacial score (nSPS) is 35.0. The summed E-state index contributed by atoms with van der Waals surface area (Å²) < 4.78 is 0. The number of nitrogens with one attached hydrogen (secondary N) is 1. The van der Waals surface area contributed by atoms with Crippen molar-refractivity contribution in [1.82, 2.24) is 10.2 Å². The monoisotopic (exact) mass is 312 g/mol. The van der Waals surface area contributed by atoms with E-state index >= 15 is 0 Å². The van der Waals surface area contributed by atoms with Crippen LogP contribution in [0.5, 0.6) is 0 Å². The second kappa shape index (κ2) is 5.07. The van der Waals surface area contributed by atoms with Crippen LogP contribution in [0.15, 0.2) is 24.3 Å². The third kappa shape index (κ3) is 2.69. The lowest BCUT2D eigenvalue weighted by molar-refractivity contribution is -0.134. The fourth-order valence-corrected chi connectivity index (χ4v) is 5.55. The summed E-state index contributed by atoms with van der Waals surface area (Å²) in [6.07, 6.45) is 4.41. The predicted molar refractivity (Wildman–Crippen MR) is 92.0 cm³/mol. The van der Waals surface area contributed by atoms with Gasteiger partial charge >= 0.3 is 0 Å². The number of likely N-dealkylation sites (tertiary alicyclic amines) is 1. The highest BCUT2D eigenvalue weighted by molar-refractivity contribution is 5.83. The standard InChI is InChI=1S/C20H28N2O/c1-19(2)9-16-10-20(3,12-19)13-22(16)18(23)17-8-14-6-4-5-7-15(14)11-21-17/h4-7,16-17,21H,8-13H2,1-3H3. The van der Waals surface area contributed by atoms with Gasteiger partial charge in [-0.2, -0.15) is 0 Å². The molecule has 1 aliphatic carbocycles. The molecule has 2 aliphatic heterocycles. The number of benzene rings is 1. The Morgan fingerprint density at radius 1 is 1.17 bits per heavy atom. The van der Waals surface area contributed by atoms with Crippen LogP contribution in [0.1, 0.15) is 51.2 Å². The molecule has 0 aromatic heterocycles. The zero-order valence-corrected chi connectivity index (χ0v) is 14.6. The maximum atomic E-state index is 13.2. The van der Waals surface area contributed by atoms with E-state index in [1.807, 2.05) is 0 Å². The zero-order chi connectivity index (χ0) is 16.2. The van der Waals surface area contributed by atoms with Gasteiger partial charge in [-0.3, -0.25) is 4.79 Å². The highest BCUT2D eigenvalue weighted by Crippen LogP contribution is 2.52.